The van der Waals surface area contributed by atoms with Gasteiger partial charge in [0.15, 0.2) is 0 Å². The molecule has 41 heavy (non-hydrogen) atoms. The number of benzene rings is 4. The molecular formula is C32H32N2O6S. The fraction of sp³-hybridized carbons (Fsp3) is 0.188. The van der Waals surface area contributed by atoms with Crippen molar-refractivity contribution in [3.8, 4) is 5.75 Å². The van der Waals surface area contributed by atoms with Gasteiger partial charge in [0, 0.05) is 12.0 Å². The fourth-order valence-corrected chi connectivity index (χ4v) is 5.45. The number of amides is 1. The molecule has 4 aromatic rings. The highest BCUT2D eigenvalue weighted by molar-refractivity contribution is 7.89. The average molecular weight is 573 g/mol. The molecule has 0 aliphatic carbocycles. The van der Waals surface area contributed by atoms with E-state index < -0.39 is 34.0 Å². The number of ether oxygens (including phenoxy) is 2. The largest absolute Gasteiger partial charge is 0.497 e. The van der Waals surface area contributed by atoms with E-state index in [4.69, 9.17) is 9.47 Å². The van der Waals surface area contributed by atoms with Gasteiger partial charge in [0.05, 0.1) is 18.0 Å². The van der Waals surface area contributed by atoms with Gasteiger partial charge in [0.2, 0.25) is 10.0 Å². The highest BCUT2D eigenvalue weighted by Gasteiger charge is 2.27. The van der Waals surface area contributed by atoms with Crippen molar-refractivity contribution in [2.24, 2.45) is 0 Å². The van der Waals surface area contributed by atoms with E-state index in [1.54, 1.807) is 42.5 Å². The minimum Gasteiger partial charge on any atom is -0.497 e. The zero-order valence-corrected chi connectivity index (χ0v) is 23.4. The number of rotatable bonds is 13. The first-order chi connectivity index (χ1) is 19.8. The highest BCUT2D eigenvalue weighted by Crippen LogP contribution is 2.17. The Balaban J connectivity index is 1.51. The number of nitrogens with one attached hydrogen (secondary N) is 2. The lowest BCUT2D eigenvalue weighted by atomic mass is 10.1. The normalized spacial score (nSPS) is 12.6. The second-order valence-electron chi connectivity index (χ2n) is 9.40. The third kappa shape index (κ3) is 8.76. The third-order valence-corrected chi connectivity index (χ3v) is 7.89. The first kappa shape index (κ1) is 29.5. The SMILES string of the molecule is COc1ccc(S(=O)(=O)N[C@H](COC(=O)[C@H](Cc2ccccc2)NC(=O)c2ccccc2)Cc2ccccc2)cc1. The summed E-state index contributed by atoms with van der Waals surface area (Å²) in [6.07, 6.45) is 0.488. The molecule has 0 saturated carbocycles. The van der Waals surface area contributed by atoms with E-state index in [1.165, 1.54) is 19.2 Å². The smallest absolute Gasteiger partial charge is 0.329 e. The highest BCUT2D eigenvalue weighted by atomic mass is 32.2. The summed E-state index contributed by atoms with van der Waals surface area (Å²) in [5, 5.41) is 2.78. The van der Waals surface area contributed by atoms with Crippen LogP contribution in [0.25, 0.3) is 0 Å². The molecule has 0 heterocycles. The summed E-state index contributed by atoms with van der Waals surface area (Å²) in [7, 11) is -2.44. The van der Waals surface area contributed by atoms with Gasteiger partial charge < -0.3 is 14.8 Å². The minimum atomic E-state index is -3.94. The summed E-state index contributed by atoms with van der Waals surface area (Å²) in [6.45, 7) is -0.240. The van der Waals surface area contributed by atoms with Crippen LogP contribution in [0, 0.1) is 0 Å². The lowest BCUT2D eigenvalue weighted by Crippen LogP contribution is -2.46. The Morgan fingerprint density at radius 3 is 1.83 bits per heavy atom. The zero-order valence-electron chi connectivity index (χ0n) is 22.6. The molecule has 0 aliphatic rings. The van der Waals surface area contributed by atoms with Crippen LogP contribution in [-0.2, 0) is 32.4 Å². The molecule has 8 nitrogen and oxygen atoms in total. The van der Waals surface area contributed by atoms with Gasteiger partial charge in [-0.25, -0.2) is 17.9 Å². The number of carbonyl (C=O) groups excluding carboxylic acids is 2. The Bertz CT molecular complexity index is 1510. The standard InChI is InChI=1S/C32H32N2O6S/c1-39-28-17-19-29(20-18-28)41(37,38)34-27(21-24-11-5-2-6-12-24)23-40-32(36)30(22-25-13-7-3-8-14-25)33-31(35)26-15-9-4-10-16-26/h2-20,27,30,34H,21-23H2,1H3,(H,33,35)/t27-,30-/m0/s1. The van der Waals surface area contributed by atoms with Crippen LogP contribution in [0.4, 0.5) is 0 Å². The summed E-state index contributed by atoms with van der Waals surface area (Å²) in [5.41, 5.74) is 2.11. The van der Waals surface area contributed by atoms with Crippen LogP contribution in [0.3, 0.4) is 0 Å². The van der Waals surface area contributed by atoms with Crippen LogP contribution in [0.1, 0.15) is 21.5 Å². The van der Waals surface area contributed by atoms with Gasteiger partial charge in [-0.3, -0.25) is 4.79 Å². The van der Waals surface area contributed by atoms with Gasteiger partial charge in [-0.05, 0) is 53.9 Å². The molecule has 2 N–H and O–H groups in total. The van der Waals surface area contributed by atoms with Crippen LogP contribution in [-0.4, -0.2) is 46.1 Å². The predicted octanol–water partition coefficient (Wildman–Crippen LogP) is 4.17. The maximum Gasteiger partial charge on any atom is 0.329 e. The molecule has 0 fully saturated rings. The van der Waals surface area contributed by atoms with Crippen LogP contribution in [0.2, 0.25) is 0 Å². The Morgan fingerprint density at radius 2 is 1.27 bits per heavy atom. The van der Waals surface area contributed by atoms with Crippen molar-refractivity contribution >= 4 is 21.9 Å². The van der Waals surface area contributed by atoms with Gasteiger partial charge in [0.25, 0.3) is 5.91 Å². The molecule has 4 aromatic carbocycles. The van der Waals surface area contributed by atoms with Crippen molar-refractivity contribution < 1.29 is 27.5 Å². The van der Waals surface area contributed by atoms with Crippen LogP contribution in [0.15, 0.2) is 120 Å². The number of esters is 1. The number of carbonyl (C=O) groups is 2. The van der Waals surface area contributed by atoms with E-state index in [1.807, 2.05) is 60.7 Å². The van der Waals surface area contributed by atoms with Crippen LogP contribution in [0.5, 0.6) is 5.75 Å². The Kier molecular flexibility index (Phi) is 10.3. The van der Waals surface area contributed by atoms with Crippen molar-refractivity contribution in [1.82, 2.24) is 10.0 Å². The third-order valence-electron chi connectivity index (χ3n) is 6.35. The number of sulfonamides is 1. The fourth-order valence-electron chi connectivity index (χ4n) is 4.23. The molecule has 212 valence electrons. The van der Waals surface area contributed by atoms with Gasteiger partial charge in [-0.1, -0.05) is 78.9 Å². The summed E-state index contributed by atoms with van der Waals surface area (Å²) in [4.78, 5) is 26.3. The molecular weight excluding hydrogens is 540 g/mol. The lowest BCUT2D eigenvalue weighted by molar-refractivity contribution is -0.146. The maximum atomic E-state index is 13.3. The molecule has 0 saturated heterocycles. The molecule has 0 aliphatic heterocycles. The van der Waals surface area contributed by atoms with Gasteiger partial charge in [0.1, 0.15) is 18.4 Å². The van der Waals surface area contributed by atoms with E-state index in [-0.39, 0.29) is 24.3 Å². The van der Waals surface area contributed by atoms with Gasteiger partial charge in [-0.15, -0.1) is 0 Å². The molecule has 0 bridgehead atoms. The lowest BCUT2D eigenvalue weighted by Gasteiger charge is -2.22. The summed E-state index contributed by atoms with van der Waals surface area (Å²) >= 11 is 0. The number of methoxy groups -OCH3 is 1. The van der Waals surface area contributed by atoms with Gasteiger partial charge in [-0.2, -0.15) is 0 Å². The average Bonchev–Trinajstić information content (AvgIpc) is 3.00. The summed E-state index contributed by atoms with van der Waals surface area (Å²) < 4.78 is 39.9. The summed E-state index contributed by atoms with van der Waals surface area (Å²) in [6, 6.07) is 31.4. The van der Waals surface area contributed by atoms with Crippen molar-refractivity contribution in [3.63, 3.8) is 0 Å². The second-order valence-corrected chi connectivity index (χ2v) is 11.1. The summed E-state index contributed by atoms with van der Waals surface area (Å²) in [5.74, 6) is -0.551. The van der Waals surface area contributed by atoms with E-state index in [0.717, 1.165) is 11.1 Å². The van der Waals surface area contributed by atoms with E-state index in [0.29, 0.717) is 11.3 Å². The molecule has 0 spiro atoms. The van der Waals surface area contributed by atoms with Crippen molar-refractivity contribution in [2.75, 3.05) is 13.7 Å². The topological polar surface area (TPSA) is 111 Å². The molecule has 0 unspecified atom stereocenters. The van der Waals surface area contributed by atoms with Crippen molar-refractivity contribution in [3.05, 3.63) is 132 Å². The van der Waals surface area contributed by atoms with Crippen molar-refractivity contribution in [2.45, 2.75) is 29.8 Å². The van der Waals surface area contributed by atoms with Gasteiger partial charge >= 0.3 is 5.97 Å². The van der Waals surface area contributed by atoms with Crippen LogP contribution < -0.4 is 14.8 Å². The van der Waals surface area contributed by atoms with E-state index in [2.05, 4.69) is 10.0 Å². The Hall–Kier alpha value is -4.47. The first-order valence-electron chi connectivity index (χ1n) is 13.1. The van der Waals surface area contributed by atoms with E-state index >= 15 is 0 Å². The molecule has 2 atom stereocenters. The maximum absolute atomic E-state index is 13.3. The Morgan fingerprint density at radius 1 is 0.732 bits per heavy atom. The monoisotopic (exact) mass is 572 g/mol. The molecule has 0 aromatic heterocycles. The Labute approximate surface area is 240 Å². The zero-order chi connectivity index (χ0) is 29.1. The van der Waals surface area contributed by atoms with E-state index in [9.17, 15) is 18.0 Å². The predicted molar refractivity (Wildman–Crippen MR) is 156 cm³/mol. The first-order valence-corrected chi connectivity index (χ1v) is 14.6. The van der Waals surface area contributed by atoms with Crippen LogP contribution >= 0.6 is 0 Å². The quantitative estimate of drug-likeness (QED) is 0.233. The minimum absolute atomic E-state index is 0.0553. The molecule has 4 rings (SSSR count). The number of hydrogen-bond acceptors (Lipinski definition) is 6. The second kappa shape index (κ2) is 14.2. The van der Waals surface area contributed by atoms with Crippen molar-refractivity contribution in [1.29, 1.82) is 0 Å². The molecule has 1 amide bonds. The number of hydrogen-bond donors (Lipinski definition) is 2. The molecule has 0 radical (unpaired) electrons. The molecule has 9 heteroatoms.